The van der Waals surface area contributed by atoms with Gasteiger partial charge in [-0.2, -0.15) is 5.10 Å². The Hall–Kier alpha value is -2.67. The lowest BCUT2D eigenvalue weighted by molar-refractivity contribution is 0.393. The maximum absolute atomic E-state index is 5.81. The van der Waals surface area contributed by atoms with Crippen LogP contribution >= 0.6 is 0 Å². The molecule has 0 atom stereocenters. The molecule has 1 aromatic carbocycles. The molecule has 0 fully saturated rings. The summed E-state index contributed by atoms with van der Waals surface area (Å²) in [7, 11) is 0. The van der Waals surface area contributed by atoms with Gasteiger partial charge in [-0.1, -0.05) is 0 Å². The molecule has 4 nitrogen and oxygen atoms in total. The van der Waals surface area contributed by atoms with Crippen molar-refractivity contribution in [2.24, 2.45) is 5.10 Å². The van der Waals surface area contributed by atoms with E-state index < -0.39 is 0 Å². The molecule has 4 heteroatoms. The number of terminal acetylenes is 1. The molecular weight excluding hydrogens is 262 g/mol. The zero-order valence-electron chi connectivity index (χ0n) is 12.7. The highest BCUT2D eigenvalue weighted by Crippen LogP contribution is 2.23. The molecule has 1 heterocycles. The normalized spacial score (nSPS) is 13.2. The minimum Gasteiger partial charge on any atom is -0.457 e. The van der Waals surface area contributed by atoms with Gasteiger partial charge in [-0.25, -0.2) is 0 Å². The third-order valence-electron chi connectivity index (χ3n) is 2.58. The van der Waals surface area contributed by atoms with Crippen molar-refractivity contribution in [2.45, 2.75) is 20.8 Å². The first kappa shape index (κ1) is 16.4. The van der Waals surface area contributed by atoms with Gasteiger partial charge in [0.1, 0.15) is 11.5 Å². The third-order valence-corrected chi connectivity index (χ3v) is 2.58. The van der Waals surface area contributed by atoms with Gasteiger partial charge in [-0.15, -0.1) is 12.3 Å². The van der Waals surface area contributed by atoms with Crippen LogP contribution < -0.4 is 10.5 Å². The number of benzene rings is 1. The van der Waals surface area contributed by atoms with Crippen LogP contribution in [0.25, 0.3) is 0 Å². The Morgan fingerprint density at radius 2 is 2.19 bits per heavy atom. The highest BCUT2D eigenvalue weighted by molar-refractivity contribution is 5.53. The van der Waals surface area contributed by atoms with Crippen LogP contribution in [-0.4, -0.2) is 17.8 Å². The lowest BCUT2D eigenvalue weighted by atomic mass is 10.2. The predicted octanol–water partition coefficient (Wildman–Crippen LogP) is 3.31. The number of nitrogen functional groups attached to an aromatic ring is 1. The van der Waals surface area contributed by atoms with Crippen molar-refractivity contribution in [3.05, 3.63) is 47.9 Å². The summed E-state index contributed by atoms with van der Waals surface area (Å²) in [5.41, 5.74) is 7.48. The maximum atomic E-state index is 5.81. The van der Waals surface area contributed by atoms with Crippen molar-refractivity contribution in [1.29, 1.82) is 0 Å². The molecule has 0 unspecified atom stereocenters. The molecule has 21 heavy (non-hydrogen) atoms. The number of aryl methyl sites for hydroxylation is 1. The van der Waals surface area contributed by atoms with Gasteiger partial charge in [0.25, 0.3) is 0 Å². The lowest BCUT2D eigenvalue weighted by Crippen LogP contribution is -2.14. The molecule has 2 rings (SSSR count). The van der Waals surface area contributed by atoms with E-state index in [2.05, 4.69) is 17.4 Å². The predicted molar refractivity (Wildman–Crippen MR) is 88.8 cm³/mol. The first-order valence-electron chi connectivity index (χ1n) is 6.65. The largest absolute Gasteiger partial charge is 0.457 e. The first-order chi connectivity index (χ1) is 10.1. The monoisotopic (exact) mass is 283 g/mol. The van der Waals surface area contributed by atoms with Crippen LogP contribution in [0.5, 0.6) is 5.75 Å². The second kappa shape index (κ2) is 8.49. The fourth-order valence-corrected chi connectivity index (χ4v) is 1.70. The molecule has 0 saturated carbocycles. The molecule has 0 amide bonds. The second-order valence-electron chi connectivity index (χ2n) is 4.33. The molecule has 0 aliphatic carbocycles. The minimum absolute atomic E-state index is 0.712. The van der Waals surface area contributed by atoms with Crippen LogP contribution in [0.4, 0.5) is 5.69 Å². The summed E-state index contributed by atoms with van der Waals surface area (Å²) in [6, 6.07) is 5.62. The van der Waals surface area contributed by atoms with Crippen LogP contribution in [0.1, 0.15) is 19.4 Å². The Kier molecular flexibility index (Phi) is 6.62. The van der Waals surface area contributed by atoms with E-state index in [4.69, 9.17) is 10.5 Å². The lowest BCUT2D eigenvalue weighted by Gasteiger charge is -2.18. The Labute approximate surface area is 126 Å². The Morgan fingerprint density at radius 1 is 1.48 bits per heavy atom. The zero-order chi connectivity index (χ0) is 15.7. The smallest absolute Gasteiger partial charge is 0.130 e. The van der Waals surface area contributed by atoms with Crippen molar-refractivity contribution in [1.82, 2.24) is 5.01 Å². The molecule has 0 spiro atoms. The van der Waals surface area contributed by atoms with E-state index in [9.17, 15) is 0 Å². The van der Waals surface area contributed by atoms with Crippen molar-refractivity contribution >= 4 is 11.9 Å². The fraction of sp³-hybridized carbons (Fsp3) is 0.235. The van der Waals surface area contributed by atoms with E-state index in [1.807, 2.05) is 55.4 Å². The van der Waals surface area contributed by atoms with Crippen LogP contribution in [0, 0.1) is 19.3 Å². The van der Waals surface area contributed by atoms with E-state index in [-0.39, 0.29) is 0 Å². The van der Waals surface area contributed by atoms with Gasteiger partial charge in [-0.05, 0) is 56.7 Å². The highest BCUT2D eigenvalue weighted by Gasteiger charge is 2.06. The first-order valence-corrected chi connectivity index (χ1v) is 6.65. The van der Waals surface area contributed by atoms with Crippen LogP contribution in [0.2, 0.25) is 0 Å². The van der Waals surface area contributed by atoms with Crippen molar-refractivity contribution in [3.63, 3.8) is 0 Å². The number of anilines is 1. The van der Waals surface area contributed by atoms with Crippen molar-refractivity contribution < 1.29 is 4.74 Å². The average molecular weight is 283 g/mol. The van der Waals surface area contributed by atoms with Gasteiger partial charge in [0, 0.05) is 18.1 Å². The number of ether oxygens (including phenoxy) is 1. The summed E-state index contributed by atoms with van der Waals surface area (Å²) in [6.07, 6.45) is 12.1. The van der Waals surface area contributed by atoms with Gasteiger partial charge in [0.15, 0.2) is 0 Å². The summed E-state index contributed by atoms with van der Waals surface area (Å²) >= 11 is 0. The second-order valence-corrected chi connectivity index (χ2v) is 4.33. The summed E-state index contributed by atoms with van der Waals surface area (Å²) in [5.74, 6) is 3.90. The number of rotatable bonds is 3. The van der Waals surface area contributed by atoms with Gasteiger partial charge in [-0.3, -0.25) is 5.01 Å². The van der Waals surface area contributed by atoms with Gasteiger partial charge in [0.05, 0.1) is 6.54 Å². The van der Waals surface area contributed by atoms with Crippen LogP contribution in [0.3, 0.4) is 0 Å². The summed E-state index contributed by atoms with van der Waals surface area (Å²) < 4.78 is 5.81. The molecule has 1 aliphatic rings. The minimum atomic E-state index is 0.712. The average Bonchev–Trinajstić information content (AvgIpc) is 2.45. The summed E-state index contributed by atoms with van der Waals surface area (Å²) in [5, 5.41) is 6.00. The quantitative estimate of drug-likeness (QED) is 0.526. The molecule has 0 bridgehead atoms. The van der Waals surface area contributed by atoms with Gasteiger partial charge in [0.2, 0.25) is 0 Å². The molecule has 110 valence electrons. The number of hydrazone groups is 1. The van der Waals surface area contributed by atoms with Crippen LogP contribution in [-0.2, 0) is 0 Å². The zero-order valence-corrected chi connectivity index (χ0v) is 12.7. The molecule has 1 aromatic rings. The molecule has 0 radical (unpaired) electrons. The molecule has 1 aliphatic heterocycles. The fourth-order valence-electron chi connectivity index (χ4n) is 1.70. The number of hydrogen-bond donors (Lipinski definition) is 1. The summed E-state index contributed by atoms with van der Waals surface area (Å²) in [4.78, 5) is 0. The van der Waals surface area contributed by atoms with Crippen LogP contribution in [0.15, 0.2) is 47.4 Å². The SMILES string of the molecule is C#CC.C/C=N\N1C=CC(Oc2ccc(N)cc2C)=CC1. The third kappa shape index (κ3) is 5.45. The molecular formula is C17H21N3O. The van der Waals surface area contributed by atoms with E-state index in [1.54, 1.807) is 13.1 Å². The van der Waals surface area contributed by atoms with Crippen molar-refractivity contribution in [2.75, 3.05) is 12.3 Å². The number of nitrogens with two attached hydrogens (primary N) is 1. The number of hydrogen-bond acceptors (Lipinski definition) is 4. The van der Waals surface area contributed by atoms with Gasteiger partial charge < -0.3 is 10.5 Å². The van der Waals surface area contributed by atoms with E-state index in [0.29, 0.717) is 6.54 Å². The highest BCUT2D eigenvalue weighted by atomic mass is 16.5. The Bertz CT molecular complexity index is 595. The molecule has 2 N–H and O–H groups in total. The Balaban J connectivity index is 0.000000677. The molecule has 0 saturated heterocycles. The van der Waals surface area contributed by atoms with Gasteiger partial charge >= 0.3 is 0 Å². The standard InChI is InChI=1S/C14H17N3O.C3H4/c1-3-16-17-8-6-13(7-9-17)18-14-5-4-12(15)10-11(14)2;1-3-2/h3-8,10H,9,15H2,1-2H3;1H,2H3/b16-3-;. The Morgan fingerprint density at radius 3 is 2.71 bits per heavy atom. The van der Waals surface area contributed by atoms with Crippen molar-refractivity contribution in [3.8, 4) is 18.1 Å². The van der Waals surface area contributed by atoms with E-state index in [1.165, 1.54) is 0 Å². The maximum Gasteiger partial charge on any atom is 0.130 e. The number of allylic oxidation sites excluding steroid dienone is 1. The number of nitrogens with zero attached hydrogens (tertiary/aromatic N) is 2. The molecule has 0 aromatic heterocycles. The van der Waals surface area contributed by atoms with E-state index in [0.717, 1.165) is 22.8 Å². The topological polar surface area (TPSA) is 50.8 Å². The van der Waals surface area contributed by atoms with E-state index >= 15 is 0 Å². The summed E-state index contributed by atoms with van der Waals surface area (Å²) in [6.45, 7) is 6.23.